The summed E-state index contributed by atoms with van der Waals surface area (Å²) in [5, 5.41) is 9.72. The van der Waals surface area contributed by atoms with Gasteiger partial charge in [0.05, 0.1) is 5.00 Å². The standard InChI is InChI=1S/C20H27N5OS/c1-3-22-19(26)17-7-4-6-16(14-17)15-23-20(21-2)25-11-9-24(10-12-25)18-8-5-13-27-18/h4-8,13-14H,3,9-12,15H2,1-2H3,(H,21,23)(H,22,26). The van der Waals surface area contributed by atoms with Gasteiger partial charge in [-0.2, -0.15) is 0 Å². The number of rotatable bonds is 5. The molecule has 1 amide bonds. The van der Waals surface area contributed by atoms with Gasteiger partial charge in [0.15, 0.2) is 5.96 Å². The highest BCUT2D eigenvalue weighted by Crippen LogP contribution is 2.22. The van der Waals surface area contributed by atoms with Crippen LogP contribution in [-0.4, -0.2) is 56.5 Å². The zero-order valence-corrected chi connectivity index (χ0v) is 16.8. The molecule has 1 saturated heterocycles. The summed E-state index contributed by atoms with van der Waals surface area (Å²) < 4.78 is 0. The number of aliphatic imine (C=N–C) groups is 1. The fourth-order valence-electron chi connectivity index (χ4n) is 3.19. The van der Waals surface area contributed by atoms with Gasteiger partial charge in [-0.1, -0.05) is 12.1 Å². The third-order valence-electron chi connectivity index (χ3n) is 4.59. The average molecular weight is 386 g/mol. The Bertz CT molecular complexity index is 766. The number of nitrogens with zero attached hydrogens (tertiary/aromatic N) is 3. The lowest BCUT2D eigenvalue weighted by atomic mass is 10.1. The second-order valence-corrected chi connectivity index (χ2v) is 7.31. The summed E-state index contributed by atoms with van der Waals surface area (Å²) in [6, 6.07) is 12.0. The van der Waals surface area contributed by atoms with Crippen LogP contribution in [0.1, 0.15) is 22.8 Å². The summed E-state index contributed by atoms with van der Waals surface area (Å²) in [5.41, 5.74) is 1.76. The number of anilines is 1. The zero-order chi connectivity index (χ0) is 19.1. The van der Waals surface area contributed by atoms with Crippen LogP contribution in [0.3, 0.4) is 0 Å². The maximum absolute atomic E-state index is 12.0. The van der Waals surface area contributed by atoms with Crippen LogP contribution in [0.15, 0.2) is 46.8 Å². The monoisotopic (exact) mass is 385 g/mol. The molecule has 2 N–H and O–H groups in total. The van der Waals surface area contributed by atoms with E-state index in [1.807, 2.05) is 38.2 Å². The Morgan fingerprint density at radius 1 is 1.15 bits per heavy atom. The third kappa shape index (κ3) is 5.01. The molecule has 144 valence electrons. The molecule has 0 aliphatic carbocycles. The molecule has 0 saturated carbocycles. The smallest absolute Gasteiger partial charge is 0.251 e. The van der Waals surface area contributed by atoms with Gasteiger partial charge in [0.25, 0.3) is 5.91 Å². The quantitative estimate of drug-likeness (QED) is 0.613. The first kappa shape index (κ1) is 19.2. The number of nitrogens with one attached hydrogen (secondary N) is 2. The SMILES string of the molecule is CCNC(=O)c1cccc(CNC(=NC)N2CCN(c3cccs3)CC2)c1. The highest BCUT2D eigenvalue weighted by Gasteiger charge is 2.20. The maximum Gasteiger partial charge on any atom is 0.251 e. The van der Waals surface area contributed by atoms with E-state index >= 15 is 0 Å². The lowest BCUT2D eigenvalue weighted by Crippen LogP contribution is -2.52. The minimum atomic E-state index is -0.0339. The number of benzene rings is 1. The lowest BCUT2D eigenvalue weighted by molar-refractivity contribution is 0.0955. The van der Waals surface area contributed by atoms with Gasteiger partial charge in [0.2, 0.25) is 0 Å². The summed E-state index contributed by atoms with van der Waals surface area (Å²) in [4.78, 5) is 21.1. The molecule has 1 aliphatic heterocycles. The van der Waals surface area contributed by atoms with Crippen molar-refractivity contribution in [1.29, 1.82) is 0 Å². The summed E-state index contributed by atoms with van der Waals surface area (Å²) in [7, 11) is 1.82. The van der Waals surface area contributed by atoms with Crippen molar-refractivity contribution in [2.24, 2.45) is 4.99 Å². The Kier molecular flexibility index (Phi) is 6.70. The molecule has 7 heteroatoms. The number of hydrogen-bond acceptors (Lipinski definition) is 4. The van der Waals surface area contributed by atoms with Crippen molar-refractivity contribution >= 4 is 28.2 Å². The topological polar surface area (TPSA) is 60.0 Å². The molecule has 6 nitrogen and oxygen atoms in total. The van der Waals surface area contributed by atoms with Gasteiger partial charge >= 0.3 is 0 Å². The predicted octanol–water partition coefficient (Wildman–Crippen LogP) is 2.40. The number of guanidine groups is 1. The first-order chi connectivity index (χ1) is 13.2. The number of thiophene rings is 1. The van der Waals surface area contributed by atoms with Crippen molar-refractivity contribution in [1.82, 2.24) is 15.5 Å². The number of carbonyl (C=O) groups is 1. The van der Waals surface area contributed by atoms with Crippen molar-refractivity contribution in [3.05, 3.63) is 52.9 Å². The van der Waals surface area contributed by atoms with Gasteiger partial charge in [0, 0.05) is 51.9 Å². The number of carbonyl (C=O) groups excluding carboxylic acids is 1. The second kappa shape index (κ2) is 9.41. The van der Waals surface area contributed by atoms with Gasteiger partial charge in [-0.15, -0.1) is 11.3 Å². The van der Waals surface area contributed by atoms with Gasteiger partial charge in [-0.05, 0) is 42.1 Å². The Morgan fingerprint density at radius 2 is 1.96 bits per heavy atom. The van der Waals surface area contributed by atoms with E-state index in [4.69, 9.17) is 0 Å². The number of hydrogen-bond donors (Lipinski definition) is 2. The molecule has 0 bridgehead atoms. The van der Waals surface area contributed by atoms with Gasteiger partial charge in [-0.25, -0.2) is 0 Å². The molecule has 1 aromatic carbocycles. The molecule has 0 atom stereocenters. The van der Waals surface area contributed by atoms with Crippen molar-refractivity contribution in [3.8, 4) is 0 Å². The van der Waals surface area contributed by atoms with Gasteiger partial charge in [0.1, 0.15) is 0 Å². The lowest BCUT2D eigenvalue weighted by Gasteiger charge is -2.37. The fourth-order valence-corrected chi connectivity index (χ4v) is 3.97. The van der Waals surface area contributed by atoms with Gasteiger partial charge < -0.3 is 20.4 Å². The largest absolute Gasteiger partial charge is 0.360 e. The van der Waals surface area contributed by atoms with Crippen molar-refractivity contribution in [2.75, 3.05) is 44.7 Å². The van der Waals surface area contributed by atoms with Crippen molar-refractivity contribution in [3.63, 3.8) is 0 Å². The molecule has 0 spiro atoms. The predicted molar refractivity (Wildman–Crippen MR) is 113 cm³/mol. The van der Waals surface area contributed by atoms with E-state index in [2.05, 4.69) is 42.9 Å². The van der Waals surface area contributed by atoms with Crippen LogP contribution in [0.5, 0.6) is 0 Å². The summed E-state index contributed by atoms with van der Waals surface area (Å²) in [5.74, 6) is 0.873. The molecule has 2 heterocycles. The third-order valence-corrected chi connectivity index (χ3v) is 5.51. The number of piperazine rings is 1. The van der Waals surface area contributed by atoms with Crippen LogP contribution in [0.4, 0.5) is 5.00 Å². The van der Waals surface area contributed by atoms with E-state index in [1.54, 1.807) is 11.3 Å². The molecule has 1 aromatic heterocycles. The average Bonchev–Trinajstić information content (AvgIpc) is 3.24. The van der Waals surface area contributed by atoms with Crippen molar-refractivity contribution < 1.29 is 4.79 Å². The fraction of sp³-hybridized carbons (Fsp3) is 0.400. The minimum absolute atomic E-state index is 0.0339. The van der Waals surface area contributed by atoms with Crippen LogP contribution in [0, 0.1) is 0 Å². The Hall–Kier alpha value is -2.54. The normalized spacial score (nSPS) is 15.0. The van der Waals surface area contributed by atoms with E-state index < -0.39 is 0 Å². The molecular formula is C20H27N5OS. The van der Waals surface area contributed by atoms with E-state index in [0.29, 0.717) is 18.7 Å². The minimum Gasteiger partial charge on any atom is -0.360 e. The van der Waals surface area contributed by atoms with E-state index in [0.717, 1.165) is 37.7 Å². The molecule has 27 heavy (non-hydrogen) atoms. The summed E-state index contributed by atoms with van der Waals surface area (Å²) >= 11 is 1.79. The molecule has 2 aromatic rings. The van der Waals surface area contributed by atoms with Gasteiger partial charge in [-0.3, -0.25) is 9.79 Å². The Balaban J connectivity index is 1.54. The molecule has 0 unspecified atom stereocenters. The molecule has 1 aliphatic rings. The van der Waals surface area contributed by atoms with Crippen LogP contribution < -0.4 is 15.5 Å². The highest BCUT2D eigenvalue weighted by atomic mass is 32.1. The summed E-state index contributed by atoms with van der Waals surface area (Å²) in [6.07, 6.45) is 0. The molecule has 3 rings (SSSR count). The molecular weight excluding hydrogens is 358 g/mol. The first-order valence-corrected chi connectivity index (χ1v) is 10.2. The van der Waals surface area contributed by atoms with Crippen LogP contribution in [0.2, 0.25) is 0 Å². The Labute approximate surface area is 164 Å². The van der Waals surface area contributed by atoms with Crippen LogP contribution in [-0.2, 0) is 6.54 Å². The first-order valence-electron chi connectivity index (χ1n) is 9.32. The van der Waals surface area contributed by atoms with E-state index in [9.17, 15) is 4.79 Å². The Morgan fingerprint density at radius 3 is 2.63 bits per heavy atom. The van der Waals surface area contributed by atoms with Crippen LogP contribution >= 0.6 is 11.3 Å². The molecule has 0 radical (unpaired) electrons. The zero-order valence-electron chi connectivity index (χ0n) is 15.9. The van der Waals surface area contributed by atoms with E-state index in [-0.39, 0.29) is 5.91 Å². The van der Waals surface area contributed by atoms with E-state index in [1.165, 1.54) is 5.00 Å². The van der Waals surface area contributed by atoms with Crippen LogP contribution in [0.25, 0.3) is 0 Å². The second-order valence-electron chi connectivity index (χ2n) is 6.39. The maximum atomic E-state index is 12.0. The number of amides is 1. The van der Waals surface area contributed by atoms with Crippen molar-refractivity contribution in [2.45, 2.75) is 13.5 Å². The summed E-state index contributed by atoms with van der Waals surface area (Å²) in [6.45, 7) is 7.07. The molecule has 1 fully saturated rings. The highest BCUT2D eigenvalue weighted by molar-refractivity contribution is 7.14.